The summed E-state index contributed by atoms with van der Waals surface area (Å²) >= 11 is 3.06. The number of anilines is 2. The lowest BCUT2D eigenvalue weighted by Crippen LogP contribution is -2.32. The highest BCUT2D eigenvalue weighted by atomic mass is 79.9. The van der Waals surface area contributed by atoms with Gasteiger partial charge in [-0.1, -0.05) is 0 Å². The number of amides is 1. The summed E-state index contributed by atoms with van der Waals surface area (Å²) in [5.74, 6) is -1.37. The van der Waals surface area contributed by atoms with Gasteiger partial charge in [0.15, 0.2) is 5.69 Å². The molecule has 202 valence electrons. The summed E-state index contributed by atoms with van der Waals surface area (Å²) in [6.07, 6.45) is 0. The lowest BCUT2D eigenvalue weighted by Gasteiger charge is -2.25. The van der Waals surface area contributed by atoms with Gasteiger partial charge >= 0.3 is 17.6 Å². The minimum absolute atomic E-state index is 0.0260. The quantitative estimate of drug-likeness (QED) is 0.157. The Balaban J connectivity index is 2.47. The number of nitro benzene ring substituents is 2. The molecular formula is C22H23BrN6O9. The van der Waals surface area contributed by atoms with E-state index in [0.29, 0.717) is 5.69 Å². The fraction of sp³-hybridized carbons (Fsp3) is 0.318. The molecule has 0 aliphatic heterocycles. The zero-order chi connectivity index (χ0) is 28.4. The van der Waals surface area contributed by atoms with Gasteiger partial charge in [-0.2, -0.15) is 0 Å². The Bertz CT molecular complexity index is 1260. The van der Waals surface area contributed by atoms with Crippen LogP contribution in [-0.4, -0.2) is 54.0 Å². The highest BCUT2D eigenvalue weighted by molar-refractivity contribution is 9.10. The molecule has 1 amide bonds. The second-order valence-corrected chi connectivity index (χ2v) is 8.41. The number of ether oxygens (including phenoxy) is 2. The first-order valence-corrected chi connectivity index (χ1v) is 11.7. The topological polar surface area (TPSA) is 196 Å². The number of carbonyl (C=O) groups is 3. The molecule has 0 radical (unpaired) electrons. The molecule has 0 fully saturated rings. The number of benzene rings is 2. The number of nitro groups is 2. The van der Waals surface area contributed by atoms with Crippen LogP contribution < -0.4 is 10.2 Å². The van der Waals surface area contributed by atoms with Crippen LogP contribution in [0.25, 0.3) is 0 Å². The Hall–Kier alpha value is -4.47. The zero-order valence-electron chi connectivity index (χ0n) is 20.5. The number of azo groups is 1. The number of halogens is 1. The van der Waals surface area contributed by atoms with Crippen LogP contribution in [0.1, 0.15) is 20.8 Å². The van der Waals surface area contributed by atoms with Gasteiger partial charge < -0.3 is 19.7 Å². The summed E-state index contributed by atoms with van der Waals surface area (Å²) < 4.78 is 9.97. The van der Waals surface area contributed by atoms with Crippen molar-refractivity contribution in [1.29, 1.82) is 0 Å². The highest BCUT2D eigenvalue weighted by Crippen LogP contribution is 2.40. The fourth-order valence-corrected chi connectivity index (χ4v) is 3.60. The number of nitrogens with zero attached hydrogens (tertiary/aromatic N) is 5. The SMILES string of the molecule is CC(=O)Nc1cc(N(CCOC(C)=O)CCOC(C)=O)ccc1/N=N/c1c(Br)cc([N+](=O)[O-])cc1[N+](=O)[O-]. The van der Waals surface area contributed by atoms with Gasteiger partial charge in [0.2, 0.25) is 5.91 Å². The summed E-state index contributed by atoms with van der Waals surface area (Å²) in [5, 5.41) is 33.1. The molecule has 0 saturated carbocycles. The molecule has 0 saturated heterocycles. The van der Waals surface area contributed by atoms with Crippen LogP contribution in [0.5, 0.6) is 0 Å². The van der Waals surface area contributed by atoms with Crippen molar-refractivity contribution < 1.29 is 33.7 Å². The van der Waals surface area contributed by atoms with Crippen molar-refractivity contribution in [1.82, 2.24) is 0 Å². The monoisotopic (exact) mass is 594 g/mol. The lowest BCUT2D eigenvalue weighted by molar-refractivity contribution is -0.393. The van der Waals surface area contributed by atoms with Crippen LogP contribution >= 0.6 is 15.9 Å². The smallest absolute Gasteiger partial charge is 0.304 e. The Kier molecular flexibility index (Phi) is 10.8. The molecule has 1 N–H and O–H groups in total. The molecule has 2 rings (SSSR count). The first-order valence-electron chi connectivity index (χ1n) is 10.9. The highest BCUT2D eigenvalue weighted by Gasteiger charge is 2.23. The van der Waals surface area contributed by atoms with E-state index in [1.54, 1.807) is 17.0 Å². The van der Waals surface area contributed by atoms with Crippen LogP contribution in [0.4, 0.5) is 34.1 Å². The summed E-state index contributed by atoms with van der Waals surface area (Å²) in [7, 11) is 0. The number of carbonyl (C=O) groups excluding carboxylic acids is 3. The van der Waals surface area contributed by atoms with Crippen LogP contribution in [0.15, 0.2) is 45.0 Å². The maximum Gasteiger partial charge on any atom is 0.304 e. The van der Waals surface area contributed by atoms with Crippen molar-refractivity contribution >= 4 is 67.9 Å². The third-order valence-corrected chi connectivity index (χ3v) is 5.29. The van der Waals surface area contributed by atoms with Gasteiger partial charge in [0.05, 0.1) is 39.2 Å². The predicted molar refractivity (Wildman–Crippen MR) is 138 cm³/mol. The van der Waals surface area contributed by atoms with E-state index >= 15 is 0 Å². The predicted octanol–water partition coefficient (Wildman–Crippen LogP) is 4.57. The van der Waals surface area contributed by atoms with Gasteiger partial charge in [-0.3, -0.25) is 34.6 Å². The summed E-state index contributed by atoms with van der Waals surface area (Å²) in [6.45, 7) is 4.38. The molecule has 0 bridgehead atoms. The molecule has 0 spiro atoms. The zero-order valence-corrected chi connectivity index (χ0v) is 22.1. The minimum Gasteiger partial charge on any atom is -0.464 e. The molecule has 0 aliphatic carbocycles. The van der Waals surface area contributed by atoms with E-state index < -0.39 is 39.1 Å². The summed E-state index contributed by atoms with van der Waals surface area (Å²) in [4.78, 5) is 56.8. The fourth-order valence-electron chi connectivity index (χ4n) is 3.08. The second-order valence-electron chi connectivity index (χ2n) is 7.56. The van der Waals surface area contributed by atoms with Crippen molar-refractivity contribution in [2.24, 2.45) is 10.2 Å². The van der Waals surface area contributed by atoms with Gasteiger partial charge in [0.25, 0.3) is 5.69 Å². The van der Waals surface area contributed by atoms with Gasteiger partial charge in [-0.05, 0) is 34.1 Å². The van der Waals surface area contributed by atoms with E-state index in [4.69, 9.17) is 9.47 Å². The van der Waals surface area contributed by atoms with E-state index in [2.05, 4.69) is 31.5 Å². The first kappa shape index (κ1) is 29.8. The molecule has 0 unspecified atom stereocenters. The van der Waals surface area contributed by atoms with Gasteiger partial charge in [-0.25, -0.2) is 0 Å². The Morgan fingerprint density at radius 2 is 1.55 bits per heavy atom. The largest absolute Gasteiger partial charge is 0.464 e. The molecule has 0 aromatic heterocycles. The van der Waals surface area contributed by atoms with Crippen molar-refractivity contribution in [3.63, 3.8) is 0 Å². The third kappa shape index (κ3) is 8.88. The first-order chi connectivity index (χ1) is 17.9. The number of nitrogens with one attached hydrogen (secondary N) is 1. The van der Waals surface area contributed by atoms with E-state index in [1.165, 1.54) is 26.8 Å². The number of esters is 2. The molecule has 0 heterocycles. The Morgan fingerprint density at radius 3 is 2.05 bits per heavy atom. The van der Waals surface area contributed by atoms with E-state index in [0.717, 1.165) is 12.1 Å². The Labute approximate surface area is 224 Å². The maximum atomic E-state index is 11.8. The molecule has 0 atom stereocenters. The average Bonchev–Trinajstić information content (AvgIpc) is 2.81. The normalized spacial score (nSPS) is 10.6. The summed E-state index contributed by atoms with van der Waals surface area (Å²) in [6, 6.07) is 6.47. The lowest BCUT2D eigenvalue weighted by atomic mass is 10.2. The van der Waals surface area contributed by atoms with Gasteiger partial charge in [0, 0.05) is 32.5 Å². The molecule has 2 aromatic carbocycles. The second kappa shape index (κ2) is 13.7. The van der Waals surface area contributed by atoms with Gasteiger partial charge in [0.1, 0.15) is 18.9 Å². The standard InChI is InChI=1S/C22H23BrN6O9/c1-13(30)24-20-11-16(27(6-8-37-14(2)31)7-9-38-15(3)32)4-5-19(20)25-26-22-18(23)10-17(28(33)34)12-21(22)29(35)36/h4-5,10-12H,6-9H2,1-3H3,(H,24,30)/b26-25+. The third-order valence-electron chi connectivity index (χ3n) is 4.68. The van der Waals surface area contributed by atoms with Crippen LogP contribution in [0.3, 0.4) is 0 Å². The van der Waals surface area contributed by atoms with E-state index in [9.17, 15) is 34.6 Å². The molecule has 0 aliphatic rings. The number of hydrogen-bond acceptors (Lipinski definition) is 12. The molecule has 2 aromatic rings. The van der Waals surface area contributed by atoms with Crippen molar-refractivity contribution in [2.75, 3.05) is 36.5 Å². The van der Waals surface area contributed by atoms with Crippen molar-refractivity contribution in [3.05, 3.63) is 55.0 Å². The van der Waals surface area contributed by atoms with Crippen molar-refractivity contribution in [3.8, 4) is 0 Å². The van der Waals surface area contributed by atoms with E-state index in [1.807, 2.05) is 0 Å². The molecule has 16 heteroatoms. The maximum absolute atomic E-state index is 11.8. The van der Waals surface area contributed by atoms with Crippen LogP contribution in [-0.2, 0) is 23.9 Å². The number of non-ortho nitro benzene ring substituents is 1. The molecule has 15 nitrogen and oxygen atoms in total. The number of rotatable bonds is 12. The molecular weight excluding hydrogens is 572 g/mol. The Morgan fingerprint density at radius 1 is 0.947 bits per heavy atom. The minimum atomic E-state index is -0.825. The van der Waals surface area contributed by atoms with E-state index in [-0.39, 0.29) is 47.8 Å². The van der Waals surface area contributed by atoms with Gasteiger partial charge in [-0.15, -0.1) is 10.2 Å². The van der Waals surface area contributed by atoms with Crippen molar-refractivity contribution in [2.45, 2.75) is 20.8 Å². The molecule has 38 heavy (non-hydrogen) atoms. The average molecular weight is 595 g/mol. The van der Waals surface area contributed by atoms with Crippen LogP contribution in [0.2, 0.25) is 0 Å². The van der Waals surface area contributed by atoms with Crippen LogP contribution in [0, 0.1) is 20.2 Å². The summed E-state index contributed by atoms with van der Waals surface area (Å²) in [5.41, 5.74) is -0.534. The number of hydrogen-bond donors (Lipinski definition) is 1.